The van der Waals surface area contributed by atoms with E-state index in [1.54, 1.807) is 24.3 Å². The molecule has 1 unspecified atom stereocenters. The monoisotopic (exact) mass is 290 g/mol. The predicted molar refractivity (Wildman–Crippen MR) is 59.8 cm³/mol. The second-order valence-electron chi connectivity index (χ2n) is 2.77. The molecule has 80 valence electrons. The van der Waals surface area contributed by atoms with E-state index in [9.17, 15) is 9.59 Å². The number of carbonyl (C=O) groups is 2. The Morgan fingerprint density at radius 2 is 2.13 bits per heavy atom. The lowest BCUT2D eigenvalue weighted by Crippen LogP contribution is -2.20. The molecule has 15 heavy (non-hydrogen) atoms. The van der Waals surface area contributed by atoms with Crippen LogP contribution in [0.25, 0.3) is 0 Å². The standard InChI is InChI=1S/C10H8BrClO3/c1-15-10(14)9(13)8(12)6-3-2-4-7(11)5-6/h2-5,8H,1H3. The van der Waals surface area contributed by atoms with E-state index in [0.29, 0.717) is 5.56 Å². The fraction of sp³-hybridized carbons (Fsp3) is 0.200. The molecule has 1 atom stereocenters. The zero-order valence-corrected chi connectivity index (χ0v) is 10.2. The summed E-state index contributed by atoms with van der Waals surface area (Å²) in [4.78, 5) is 22.3. The third-order valence-corrected chi connectivity index (χ3v) is 2.70. The minimum absolute atomic E-state index is 0.557. The molecule has 0 amide bonds. The highest BCUT2D eigenvalue weighted by molar-refractivity contribution is 9.10. The molecule has 0 heterocycles. The average molecular weight is 292 g/mol. The second-order valence-corrected chi connectivity index (χ2v) is 4.13. The number of hydrogen-bond donors (Lipinski definition) is 0. The average Bonchev–Trinajstić information content (AvgIpc) is 2.26. The first-order chi connectivity index (χ1) is 7.06. The van der Waals surface area contributed by atoms with Gasteiger partial charge in [0.2, 0.25) is 0 Å². The van der Waals surface area contributed by atoms with E-state index in [0.717, 1.165) is 11.6 Å². The molecule has 0 spiro atoms. The van der Waals surface area contributed by atoms with E-state index in [1.165, 1.54) is 0 Å². The van der Waals surface area contributed by atoms with Gasteiger partial charge in [0.1, 0.15) is 5.38 Å². The first-order valence-electron chi connectivity index (χ1n) is 4.08. The van der Waals surface area contributed by atoms with Gasteiger partial charge in [0.15, 0.2) is 0 Å². The van der Waals surface area contributed by atoms with Gasteiger partial charge >= 0.3 is 5.97 Å². The molecule has 0 aliphatic heterocycles. The molecule has 0 saturated heterocycles. The number of esters is 1. The highest BCUT2D eigenvalue weighted by atomic mass is 79.9. The largest absolute Gasteiger partial charge is 0.463 e. The van der Waals surface area contributed by atoms with E-state index in [-0.39, 0.29) is 0 Å². The van der Waals surface area contributed by atoms with Crippen LogP contribution < -0.4 is 0 Å². The summed E-state index contributed by atoms with van der Waals surface area (Å²) < 4.78 is 5.09. The minimum Gasteiger partial charge on any atom is -0.463 e. The van der Waals surface area contributed by atoms with E-state index >= 15 is 0 Å². The third kappa shape index (κ3) is 3.04. The van der Waals surface area contributed by atoms with Gasteiger partial charge < -0.3 is 4.74 Å². The van der Waals surface area contributed by atoms with Gasteiger partial charge in [-0.2, -0.15) is 0 Å². The van der Waals surface area contributed by atoms with E-state index in [4.69, 9.17) is 11.6 Å². The van der Waals surface area contributed by atoms with Gasteiger partial charge in [-0.25, -0.2) is 4.79 Å². The number of Topliss-reactive ketones (excluding diaryl/α,β-unsaturated/α-hetero) is 1. The summed E-state index contributed by atoms with van der Waals surface area (Å²) in [5.74, 6) is -1.70. The van der Waals surface area contributed by atoms with Crippen LogP contribution in [-0.2, 0) is 14.3 Å². The Morgan fingerprint density at radius 1 is 1.47 bits per heavy atom. The number of benzene rings is 1. The van der Waals surface area contributed by atoms with Gasteiger partial charge in [0.25, 0.3) is 5.78 Å². The zero-order valence-electron chi connectivity index (χ0n) is 7.87. The van der Waals surface area contributed by atoms with Gasteiger partial charge in [-0.1, -0.05) is 28.1 Å². The van der Waals surface area contributed by atoms with Crippen molar-refractivity contribution in [1.82, 2.24) is 0 Å². The Balaban J connectivity index is 2.89. The quantitative estimate of drug-likeness (QED) is 0.488. The number of hydrogen-bond acceptors (Lipinski definition) is 3. The SMILES string of the molecule is COC(=O)C(=O)C(Cl)c1cccc(Br)c1. The van der Waals surface area contributed by atoms with Crippen LogP contribution in [0, 0.1) is 0 Å². The molecular formula is C10H8BrClO3. The molecule has 0 fully saturated rings. The second kappa shape index (κ2) is 5.28. The number of rotatable bonds is 3. The van der Waals surface area contributed by atoms with E-state index in [1.807, 2.05) is 0 Å². The van der Waals surface area contributed by atoms with Crippen molar-refractivity contribution in [3.63, 3.8) is 0 Å². The van der Waals surface area contributed by atoms with Crippen molar-refractivity contribution < 1.29 is 14.3 Å². The number of ketones is 1. The highest BCUT2D eigenvalue weighted by Gasteiger charge is 2.25. The maximum absolute atomic E-state index is 11.4. The fourth-order valence-corrected chi connectivity index (χ4v) is 1.66. The molecule has 0 N–H and O–H groups in total. The Hall–Kier alpha value is -0.870. The van der Waals surface area contributed by atoms with Crippen LogP contribution in [0.2, 0.25) is 0 Å². The van der Waals surface area contributed by atoms with Crippen molar-refractivity contribution in [3.05, 3.63) is 34.3 Å². The van der Waals surface area contributed by atoms with E-state index < -0.39 is 17.1 Å². The van der Waals surface area contributed by atoms with E-state index in [2.05, 4.69) is 20.7 Å². The van der Waals surface area contributed by atoms with Crippen LogP contribution in [0.15, 0.2) is 28.7 Å². The Kier molecular flexibility index (Phi) is 4.29. The number of alkyl halides is 1. The lowest BCUT2D eigenvalue weighted by molar-refractivity contribution is -0.151. The van der Waals surface area contributed by atoms with Crippen LogP contribution in [0.5, 0.6) is 0 Å². The van der Waals surface area contributed by atoms with Gasteiger partial charge in [0, 0.05) is 4.47 Å². The lowest BCUT2D eigenvalue weighted by Gasteiger charge is -2.07. The summed E-state index contributed by atoms with van der Waals surface area (Å²) in [7, 11) is 1.14. The topological polar surface area (TPSA) is 43.4 Å². The molecule has 0 aromatic heterocycles. The number of methoxy groups -OCH3 is 1. The van der Waals surface area contributed by atoms with Crippen molar-refractivity contribution in [2.75, 3.05) is 7.11 Å². The summed E-state index contributed by atoms with van der Waals surface area (Å²) in [6, 6.07) is 6.89. The van der Waals surface area contributed by atoms with Gasteiger partial charge in [0.05, 0.1) is 7.11 Å². The Morgan fingerprint density at radius 3 is 2.67 bits per heavy atom. The molecule has 0 aliphatic rings. The van der Waals surface area contributed by atoms with Gasteiger partial charge in [-0.3, -0.25) is 4.79 Å². The van der Waals surface area contributed by atoms with Crippen molar-refractivity contribution >= 4 is 39.3 Å². The third-order valence-electron chi connectivity index (χ3n) is 1.76. The zero-order chi connectivity index (χ0) is 11.4. The Labute approximate surface area is 100 Å². The number of ether oxygens (including phenoxy) is 1. The highest BCUT2D eigenvalue weighted by Crippen LogP contribution is 2.24. The molecular weight excluding hydrogens is 283 g/mol. The summed E-state index contributed by atoms with van der Waals surface area (Å²) in [6.07, 6.45) is 0. The summed E-state index contributed by atoms with van der Waals surface area (Å²) in [5, 5.41) is -1.00. The van der Waals surface area contributed by atoms with Crippen LogP contribution >= 0.6 is 27.5 Å². The van der Waals surface area contributed by atoms with Crippen molar-refractivity contribution in [3.8, 4) is 0 Å². The predicted octanol–water partition coefficient (Wildman–Crippen LogP) is 2.47. The Bertz CT molecular complexity index is 392. The normalized spacial score (nSPS) is 11.9. The molecule has 3 nitrogen and oxygen atoms in total. The first kappa shape index (κ1) is 12.2. The molecule has 0 radical (unpaired) electrons. The van der Waals surface area contributed by atoms with Crippen molar-refractivity contribution in [2.24, 2.45) is 0 Å². The molecule has 5 heteroatoms. The van der Waals surface area contributed by atoms with Gasteiger partial charge in [-0.15, -0.1) is 11.6 Å². The maximum atomic E-state index is 11.4. The first-order valence-corrected chi connectivity index (χ1v) is 5.31. The molecule has 1 rings (SSSR count). The van der Waals surface area contributed by atoms with Crippen LogP contribution in [0.3, 0.4) is 0 Å². The van der Waals surface area contributed by atoms with Crippen molar-refractivity contribution in [2.45, 2.75) is 5.38 Å². The molecule has 0 aliphatic carbocycles. The number of carbonyl (C=O) groups excluding carboxylic acids is 2. The van der Waals surface area contributed by atoms with Crippen LogP contribution in [0.1, 0.15) is 10.9 Å². The van der Waals surface area contributed by atoms with Crippen molar-refractivity contribution in [1.29, 1.82) is 0 Å². The smallest absolute Gasteiger partial charge is 0.376 e. The fourth-order valence-electron chi connectivity index (χ4n) is 1.02. The minimum atomic E-state index is -1.00. The lowest BCUT2D eigenvalue weighted by atomic mass is 10.1. The van der Waals surface area contributed by atoms with Crippen LogP contribution in [0.4, 0.5) is 0 Å². The van der Waals surface area contributed by atoms with Crippen LogP contribution in [-0.4, -0.2) is 18.9 Å². The maximum Gasteiger partial charge on any atom is 0.376 e. The molecule has 1 aromatic carbocycles. The summed E-state index contributed by atoms with van der Waals surface area (Å²) in [5.41, 5.74) is 0.557. The summed E-state index contributed by atoms with van der Waals surface area (Å²) in [6.45, 7) is 0. The molecule has 1 aromatic rings. The summed E-state index contributed by atoms with van der Waals surface area (Å²) >= 11 is 9.08. The molecule has 0 bridgehead atoms. The van der Waals surface area contributed by atoms with Gasteiger partial charge in [-0.05, 0) is 17.7 Å². The number of halogens is 2. The molecule has 0 saturated carbocycles.